The highest BCUT2D eigenvalue weighted by molar-refractivity contribution is 5.99. The molecule has 0 saturated heterocycles. The molecular weight excluding hydrogens is 651 g/mol. The lowest BCUT2D eigenvalue weighted by Crippen LogP contribution is -2.14. The summed E-state index contributed by atoms with van der Waals surface area (Å²) in [6.45, 7) is 9.18. The second-order valence-electron chi connectivity index (χ2n) is 15.1. The van der Waals surface area contributed by atoms with Crippen LogP contribution >= 0.6 is 0 Å². The Hall–Kier alpha value is -6.18. The summed E-state index contributed by atoms with van der Waals surface area (Å²) in [5, 5.41) is 2.45. The summed E-state index contributed by atoms with van der Waals surface area (Å²) in [5.74, 6) is 0. The van der Waals surface area contributed by atoms with Crippen LogP contribution in [0.3, 0.4) is 0 Å². The highest BCUT2D eigenvalue weighted by Crippen LogP contribution is 2.49. The first-order valence-corrected chi connectivity index (χ1v) is 19.4. The van der Waals surface area contributed by atoms with E-state index in [1.54, 1.807) is 0 Å². The van der Waals surface area contributed by atoms with E-state index in [1.807, 2.05) is 0 Å². The molecule has 0 atom stereocenters. The van der Waals surface area contributed by atoms with Gasteiger partial charge in [-0.05, 0) is 127 Å². The first-order chi connectivity index (χ1) is 26.4. The van der Waals surface area contributed by atoms with Crippen LogP contribution in [0, 0.1) is 0 Å². The van der Waals surface area contributed by atoms with Crippen molar-refractivity contribution in [3.63, 3.8) is 0 Å². The Kier molecular flexibility index (Phi) is 8.51. The third-order valence-electron chi connectivity index (χ3n) is 11.7. The largest absolute Gasteiger partial charge is 0.310 e. The average Bonchev–Trinajstić information content (AvgIpc) is 3.46. The molecule has 0 bridgehead atoms. The van der Waals surface area contributed by atoms with Crippen LogP contribution in [0.2, 0.25) is 0 Å². The number of aryl methyl sites for hydroxylation is 2. The van der Waals surface area contributed by atoms with Crippen LogP contribution in [0.15, 0.2) is 176 Å². The van der Waals surface area contributed by atoms with Crippen LogP contribution in [-0.2, 0) is 18.3 Å². The lowest BCUT2D eigenvalue weighted by Gasteiger charge is -2.27. The molecule has 0 fully saturated rings. The van der Waals surface area contributed by atoms with E-state index in [9.17, 15) is 0 Å². The van der Waals surface area contributed by atoms with Gasteiger partial charge in [0.15, 0.2) is 0 Å². The van der Waals surface area contributed by atoms with Crippen LogP contribution in [-0.4, -0.2) is 0 Å². The Labute approximate surface area is 320 Å². The molecule has 0 radical (unpaired) electrons. The minimum Gasteiger partial charge on any atom is -0.310 e. The quantitative estimate of drug-likeness (QED) is 0.153. The van der Waals surface area contributed by atoms with Crippen LogP contribution in [0.4, 0.5) is 17.1 Å². The van der Waals surface area contributed by atoms with Crippen molar-refractivity contribution in [2.45, 2.75) is 46.0 Å². The molecule has 1 heteroatoms. The van der Waals surface area contributed by atoms with E-state index in [0.29, 0.717) is 0 Å². The SMILES string of the molecule is CCc1ccccc1-c1cc(-c2ccc(N(c3ccc(-c4ccc5c(c4)-c4ccccc4C5(C)C)cc3)c3cccc4ccccc34)cc2)ccc1CC. The zero-order valence-electron chi connectivity index (χ0n) is 31.6. The van der Waals surface area contributed by atoms with Gasteiger partial charge in [0.2, 0.25) is 0 Å². The molecular formula is C53H45N. The molecule has 1 aliphatic carbocycles. The molecule has 0 aliphatic heterocycles. The van der Waals surface area contributed by atoms with E-state index >= 15 is 0 Å². The van der Waals surface area contributed by atoms with E-state index in [2.05, 4.69) is 209 Å². The van der Waals surface area contributed by atoms with Crippen molar-refractivity contribution in [3.05, 3.63) is 198 Å². The Balaban J connectivity index is 1.10. The molecule has 1 aliphatic rings. The fourth-order valence-corrected chi connectivity index (χ4v) is 8.74. The zero-order chi connectivity index (χ0) is 36.8. The third kappa shape index (κ3) is 5.72. The molecule has 8 aromatic rings. The van der Waals surface area contributed by atoms with E-state index in [0.717, 1.165) is 29.9 Å². The molecule has 0 heterocycles. The molecule has 0 N–H and O–H groups in total. The predicted molar refractivity (Wildman–Crippen MR) is 231 cm³/mol. The third-order valence-corrected chi connectivity index (χ3v) is 11.7. The molecule has 0 amide bonds. The summed E-state index contributed by atoms with van der Waals surface area (Å²) < 4.78 is 0. The van der Waals surface area contributed by atoms with Gasteiger partial charge < -0.3 is 4.90 Å². The van der Waals surface area contributed by atoms with Crippen molar-refractivity contribution in [1.29, 1.82) is 0 Å². The molecule has 0 saturated carbocycles. The van der Waals surface area contributed by atoms with Crippen LogP contribution in [0.5, 0.6) is 0 Å². The number of hydrogen-bond acceptors (Lipinski definition) is 1. The van der Waals surface area contributed by atoms with Gasteiger partial charge in [-0.25, -0.2) is 0 Å². The molecule has 262 valence electrons. The van der Waals surface area contributed by atoms with Gasteiger partial charge in [0.1, 0.15) is 0 Å². The maximum Gasteiger partial charge on any atom is 0.0540 e. The van der Waals surface area contributed by atoms with E-state index in [-0.39, 0.29) is 5.41 Å². The highest BCUT2D eigenvalue weighted by Gasteiger charge is 2.35. The molecule has 0 spiro atoms. The maximum atomic E-state index is 2.40. The van der Waals surface area contributed by atoms with Gasteiger partial charge in [-0.3, -0.25) is 0 Å². The minimum atomic E-state index is 0.00452. The van der Waals surface area contributed by atoms with Gasteiger partial charge in [0.25, 0.3) is 0 Å². The summed E-state index contributed by atoms with van der Waals surface area (Å²) in [7, 11) is 0. The van der Waals surface area contributed by atoms with Gasteiger partial charge in [0.05, 0.1) is 5.69 Å². The second-order valence-corrected chi connectivity index (χ2v) is 15.1. The number of anilines is 3. The summed E-state index contributed by atoms with van der Waals surface area (Å²) >= 11 is 0. The number of benzene rings is 8. The van der Waals surface area contributed by atoms with E-state index < -0.39 is 0 Å². The molecule has 1 nitrogen and oxygen atoms in total. The average molecular weight is 696 g/mol. The van der Waals surface area contributed by atoms with Crippen molar-refractivity contribution < 1.29 is 0 Å². The number of hydrogen-bond donors (Lipinski definition) is 0. The molecule has 8 aromatic carbocycles. The zero-order valence-corrected chi connectivity index (χ0v) is 31.6. The summed E-state index contributed by atoms with van der Waals surface area (Å²) in [6, 6.07) is 65.2. The van der Waals surface area contributed by atoms with Crippen molar-refractivity contribution in [3.8, 4) is 44.5 Å². The monoisotopic (exact) mass is 695 g/mol. The first-order valence-electron chi connectivity index (χ1n) is 19.4. The van der Waals surface area contributed by atoms with Gasteiger partial charge in [0, 0.05) is 22.2 Å². The van der Waals surface area contributed by atoms with Gasteiger partial charge >= 0.3 is 0 Å². The van der Waals surface area contributed by atoms with Gasteiger partial charge in [-0.1, -0.05) is 161 Å². The highest BCUT2D eigenvalue weighted by atomic mass is 15.1. The molecule has 0 aromatic heterocycles. The molecule has 9 rings (SSSR count). The lowest BCUT2D eigenvalue weighted by molar-refractivity contribution is 0.660. The minimum absolute atomic E-state index is 0.00452. The number of nitrogens with zero attached hydrogens (tertiary/aromatic N) is 1. The standard InChI is InChI=1S/C53H45N/c1-5-36-14-7-9-17-45(36)48-34-41(23-22-37(48)6-2)38-24-29-43(30-25-38)54(52-21-13-16-40-15-8-10-18-46(40)52)44-31-26-39(27-32-44)42-28-33-51-49(35-42)47-19-11-12-20-50(47)53(51,3)4/h7-35H,5-6H2,1-4H3. The Morgan fingerprint density at radius 3 is 1.63 bits per heavy atom. The van der Waals surface area contributed by atoms with Crippen molar-refractivity contribution in [1.82, 2.24) is 0 Å². The van der Waals surface area contributed by atoms with Gasteiger partial charge in [-0.2, -0.15) is 0 Å². The number of rotatable bonds is 8. The predicted octanol–water partition coefficient (Wildman–Crippen LogP) is 14.7. The molecule has 54 heavy (non-hydrogen) atoms. The van der Waals surface area contributed by atoms with Crippen molar-refractivity contribution >= 4 is 27.8 Å². The van der Waals surface area contributed by atoms with Crippen LogP contribution in [0.1, 0.15) is 49.9 Å². The van der Waals surface area contributed by atoms with Crippen LogP contribution < -0.4 is 4.90 Å². The fraction of sp³-hybridized carbons (Fsp3) is 0.132. The van der Waals surface area contributed by atoms with E-state index in [1.165, 1.54) is 77.5 Å². The topological polar surface area (TPSA) is 3.24 Å². The lowest BCUT2D eigenvalue weighted by atomic mass is 9.82. The smallest absolute Gasteiger partial charge is 0.0540 e. The first kappa shape index (κ1) is 33.6. The van der Waals surface area contributed by atoms with E-state index in [4.69, 9.17) is 0 Å². The van der Waals surface area contributed by atoms with Gasteiger partial charge in [-0.15, -0.1) is 0 Å². The second kappa shape index (κ2) is 13.7. The molecule has 0 unspecified atom stereocenters. The maximum absolute atomic E-state index is 2.40. The normalized spacial score (nSPS) is 12.7. The Morgan fingerprint density at radius 1 is 0.407 bits per heavy atom. The Morgan fingerprint density at radius 2 is 0.926 bits per heavy atom. The Bertz CT molecular complexity index is 2640. The van der Waals surface area contributed by atoms with Crippen molar-refractivity contribution in [2.75, 3.05) is 4.90 Å². The van der Waals surface area contributed by atoms with Crippen molar-refractivity contribution in [2.24, 2.45) is 0 Å². The number of fused-ring (bicyclic) bond motifs is 4. The summed E-state index contributed by atoms with van der Waals surface area (Å²) in [6.07, 6.45) is 2.02. The summed E-state index contributed by atoms with van der Waals surface area (Å²) in [4.78, 5) is 2.40. The summed E-state index contributed by atoms with van der Waals surface area (Å²) in [5.41, 5.74) is 19.3. The van der Waals surface area contributed by atoms with Crippen LogP contribution in [0.25, 0.3) is 55.3 Å². The fourth-order valence-electron chi connectivity index (χ4n) is 8.74.